The first-order valence-electron chi connectivity index (χ1n) is 28.5. The summed E-state index contributed by atoms with van der Waals surface area (Å²) in [5.41, 5.74) is -1.30. The summed E-state index contributed by atoms with van der Waals surface area (Å²) in [5.74, 6) is -2.05. The molecule has 8 N–H and O–H groups in total. The molecule has 24 nitrogen and oxygen atoms in total. The predicted molar refractivity (Wildman–Crippen MR) is 277 cm³/mol. The van der Waals surface area contributed by atoms with E-state index in [-0.39, 0.29) is 18.3 Å². The summed E-state index contributed by atoms with van der Waals surface area (Å²) in [6.07, 6.45) is -18.7. The van der Waals surface area contributed by atoms with Crippen molar-refractivity contribution in [3.63, 3.8) is 0 Å². The zero-order chi connectivity index (χ0) is 59.0. The Morgan fingerprint density at radius 3 is 1.86 bits per heavy atom. The molecule has 4 aliphatic carbocycles. The first-order valence-corrected chi connectivity index (χ1v) is 28.5. The van der Waals surface area contributed by atoms with E-state index < -0.39 is 188 Å². The summed E-state index contributed by atoms with van der Waals surface area (Å²) < 4.78 is 81.1. The molecule has 0 aromatic carbocycles. The third kappa shape index (κ3) is 10.5. The number of hydrogen-bond acceptors (Lipinski definition) is 24. The molecule has 0 aromatic heterocycles. The highest BCUT2D eigenvalue weighted by molar-refractivity contribution is 5.89. The number of aliphatic hydroxyl groups is 8. The maximum atomic E-state index is 14.0. The van der Waals surface area contributed by atoms with Crippen LogP contribution in [0.4, 0.5) is 0 Å². The third-order valence-corrected chi connectivity index (χ3v) is 19.9. The van der Waals surface area contributed by atoms with Crippen LogP contribution >= 0.6 is 0 Å². The van der Waals surface area contributed by atoms with Gasteiger partial charge in [0, 0.05) is 49.0 Å². The van der Waals surface area contributed by atoms with Crippen molar-refractivity contribution in [3.05, 3.63) is 34.9 Å². The summed E-state index contributed by atoms with van der Waals surface area (Å²) in [5, 5.41) is 85.2. The molecule has 9 rings (SSSR count). The standard InChI is InChI=1S/C57H86O24/c1-12-24(3)49(67)76-46-47-54(8)17-15-30(20-29(54)14-18-56(47)57(81-56)19-16-31(26(5)60)55(57,9)48(46)80-50(68)25(4)13-2)73-35-21-32(69-10)42(27(6)71-35)77-53-41(66)45(70-11)43(28(7)72-53)78-52-40(65)38(63)44(34(23-59)75-52)79-51-39(64)37(62)36(61)33(22-58)74-51/h12-14,27-28,30-48,51-53,58-59,61-66H,15-23H2,1-11H3/b24-12+,25-13+/t27?,28?,30-,31+,32+,33?,34?,35-,36?,37-,38+,39?,40?,41?,42?,43?,44?,45+,46-,47+,48+,51-,52-,53-,54-,55-,56-,57+/m0/s1. The predicted octanol–water partition coefficient (Wildman–Crippen LogP) is 0.456. The second-order valence-corrected chi connectivity index (χ2v) is 24.2. The molecular weight excluding hydrogens is 1070 g/mol. The van der Waals surface area contributed by atoms with Crippen LogP contribution in [0.5, 0.6) is 0 Å². The van der Waals surface area contributed by atoms with E-state index in [2.05, 4.69) is 13.0 Å². The van der Waals surface area contributed by atoms with Crippen LogP contribution in [-0.2, 0) is 76.0 Å². The molecule has 0 aromatic rings. The molecule has 11 unspecified atom stereocenters. The maximum absolute atomic E-state index is 14.0. The number of fused-ring (bicyclic) bond motifs is 2. The number of aliphatic hydroxyl groups excluding tert-OH is 8. The molecule has 458 valence electrons. The molecule has 3 saturated carbocycles. The van der Waals surface area contributed by atoms with Crippen molar-refractivity contribution in [1.29, 1.82) is 0 Å². The maximum Gasteiger partial charge on any atom is 0.333 e. The summed E-state index contributed by atoms with van der Waals surface area (Å²) >= 11 is 0. The van der Waals surface area contributed by atoms with Crippen molar-refractivity contribution in [2.24, 2.45) is 22.7 Å². The van der Waals surface area contributed by atoms with Gasteiger partial charge in [-0.3, -0.25) is 4.79 Å². The van der Waals surface area contributed by atoms with Crippen molar-refractivity contribution < 1.29 is 117 Å². The summed E-state index contributed by atoms with van der Waals surface area (Å²) in [7, 11) is 2.86. The van der Waals surface area contributed by atoms with Gasteiger partial charge in [-0.25, -0.2) is 9.59 Å². The van der Waals surface area contributed by atoms with Crippen LogP contribution in [0.3, 0.4) is 0 Å². The van der Waals surface area contributed by atoms with E-state index in [1.807, 2.05) is 6.92 Å². The van der Waals surface area contributed by atoms with Gasteiger partial charge in [0.1, 0.15) is 102 Å². The fraction of sp³-hybridized carbons (Fsp3) is 0.842. The molecule has 2 spiro atoms. The molecule has 0 amide bonds. The smallest absolute Gasteiger partial charge is 0.333 e. The van der Waals surface area contributed by atoms with Gasteiger partial charge in [0.2, 0.25) is 0 Å². The normalized spacial score (nSPS) is 49.8. The highest BCUT2D eigenvalue weighted by atomic mass is 16.8. The van der Waals surface area contributed by atoms with Gasteiger partial charge in [0.05, 0.1) is 37.6 Å². The Labute approximate surface area is 471 Å². The Kier molecular flexibility index (Phi) is 18.6. The number of methoxy groups -OCH3 is 2. The fourth-order valence-corrected chi connectivity index (χ4v) is 15.2. The van der Waals surface area contributed by atoms with Gasteiger partial charge < -0.3 is 102 Å². The number of hydrogen-bond donors (Lipinski definition) is 8. The molecule has 5 aliphatic heterocycles. The number of ether oxygens (including phenoxy) is 13. The summed E-state index contributed by atoms with van der Waals surface area (Å²) in [6, 6.07) is 0. The number of Topliss-reactive ketones (excluding diaryl/α,β-unsaturated/α-hetero) is 1. The van der Waals surface area contributed by atoms with Gasteiger partial charge in [0.15, 0.2) is 25.2 Å². The van der Waals surface area contributed by atoms with E-state index in [4.69, 9.17) is 61.6 Å². The van der Waals surface area contributed by atoms with Crippen molar-refractivity contribution in [2.75, 3.05) is 27.4 Å². The van der Waals surface area contributed by atoms with Crippen molar-refractivity contribution in [1.82, 2.24) is 0 Å². The van der Waals surface area contributed by atoms with E-state index in [1.54, 1.807) is 60.6 Å². The Bertz CT molecular complexity index is 2380. The van der Waals surface area contributed by atoms with Crippen LogP contribution in [0, 0.1) is 22.7 Å². The minimum absolute atomic E-state index is 0.0327. The van der Waals surface area contributed by atoms with E-state index in [0.717, 1.165) is 5.57 Å². The minimum atomic E-state index is -1.86. The van der Waals surface area contributed by atoms with Crippen LogP contribution in [-0.4, -0.2) is 232 Å². The van der Waals surface area contributed by atoms with Gasteiger partial charge in [-0.15, -0.1) is 0 Å². The Morgan fingerprint density at radius 2 is 1.25 bits per heavy atom. The topological polar surface area (TPSA) is 336 Å². The fourth-order valence-electron chi connectivity index (χ4n) is 15.2. The lowest BCUT2D eigenvalue weighted by atomic mass is 9.45. The second kappa shape index (κ2) is 24.1. The lowest BCUT2D eigenvalue weighted by Gasteiger charge is -2.59. The SMILES string of the molecule is C/C=C(\C)C(=O)O[C@@H]1[C@@H](OC(=O)/C(C)=C/C)[C@]2(C)[C@@H](C(C)=O)CC[C@@]23O[C@]32CC=C3C[C@@H](O[C@H]4C[C@@H](OC)C(O[C@@H]5OC(C)C(O[C@@H]6OC(CO)C(O[C@@H]7OC(CO)C(O)[C@H](O)C7O)[C@H](O)C6O)[C@H](OC)C5O)C(C)O4)CC[C@]3(C)[C@@H]12. The Balaban J connectivity index is 0.855. The minimum Gasteiger partial charge on any atom is -0.455 e. The van der Waals surface area contributed by atoms with Gasteiger partial charge >= 0.3 is 11.9 Å². The van der Waals surface area contributed by atoms with Gasteiger partial charge in [-0.05, 0) is 92.4 Å². The molecule has 0 bridgehead atoms. The molecule has 8 fully saturated rings. The quantitative estimate of drug-likeness (QED) is 0.0424. The largest absolute Gasteiger partial charge is 0.455 e. The third-order valence-electron chi connectivity index (χ3n) is 19.9. The average molecular weight is 1160 g/mol. The van der Waals surface area contributed by atoms with E-state index in [1.165, 1.54) is 14.2 Å². The first kappa shape index (κ1) is 62.6. The molecule has 81 heavy (non-hydrogen) atoms. The number of esters is 2. The molecular formula is C57H86O24. The molecule has 0 radical (unpaired) electrons. The molecule has 5 saturated heterocycles. The van der Waals surface area contributed by atoms with Gasteiger partial charge in [0.25, 0.3) is 0 Å². The van der Waals surface area contributed by atoms with Crippen LogP contribution < -0.4 is 0 Å². The number of ketones is 1. The lowest BCUT2D eigenvalue weighted by molar-refractivity contribution is -0.384. The number of carbonyl (C=O) groups is 3. The van der Waals surface area contributed by atoms with E-state index in [0.29, 0.717) is 49.7 Å². The van der Waals surface area contributed by atoms with Crippen molar-refractivity contribution in [2.45, 2.75) is 253 Å². The first-order chi connectivity index (χ1) is 38.3. The van der Waals surface area contributed by atoms with Crippen LogP contribution in [0.1, 0.15) is 107 Å². The van der Waals surface area contributed by atoms with Gasteiger partial charge in [-0.1, -0.05) is 37.6 Å². The Hall–Kier alpha value is -2.93. The van der Waals surface area contributed by atoms with E-state index in [9.17, 15) is 55.2 Å². The summed E-state index contributed by atoms with van der Waals surface area (Å²) in [4.78, 5) is 41.4. The highest BCUT2D eigenvalue weighted by Crippen LogP contribution is 2.81. The Morgan fingerprint density at radius 1 is 0.654 bits per heavy atom. The monoisotopic (exact) mass is 1150 g/mol. The molecule has 24 heteroatoms. The van der Waals surface area contributed by atoms with Crippen molar-refractivity contribution >= 4 is 17.7 Å². The number of epoxide rings is 1. The van der Waals surface area contributed by atoms with Crippen LogP contribution in [0.25, 0.3) is 0 Å². The molecule has 5 heterocycles. The number of rotatable bonds is 17. The lowest BCUT2D eigenvalue weighted by Crippen LogP contribution is -2.69. The van der Waals surface area contributed by atoms with Crippen molar-refractivity contribution in [3.8, 4) is 0 Å². The van der Waals surface area contributed by atoms with E-state index >= 15 is 0 Å². The zero-order valence-corrected chi connectivity index (χ0v) is 48.1. The molecule has 28 atom stereocenters. The number of allylic oxidation sites excluding steroid dienone is 2. The molecule has 9 aliphatic rings. The van der Waals surface area contributed by atoms with Crippen LogP contribution in [0.2, 0.25) is 0 Å². The zero-order valence-electron chi connectivity index (χ0n) is 48.1. The van der Waals surface area contributed by atoms with Gasteiger partial charge in [-0.2, -0.15) is 0 Å². The number of carbonyl (C=O) groups excluding carboxylic acids is 3. The van der Waals surface area contributed by atoms with Crippen LogP contribution in [0.15, 0.2) is 34.9 Å². The highest BCUT2D eigenvalue weighted by Gasteiger charge is 2.91. The summed E-state index contributed by atoms with van der Waals surface area (Å²) in [6.45, 7) is 14.5. The second-order valence-electron chi connectivity index (χ2n) is 24.2. The average Bonchev–Trinajstić information content (AvgIpc) is 1.47.